The van der Waals surface area contributed by atoms with Crippen LogP contribution in [0.15, 0.2) is 36.4 Å². The van der Waals surface area contributed by atoms with E-state index in [1.807, 2.05) is 38.1 Å². The fourth-order valence-corrected chi connectivity index (χ4v) is 2.73. The maximum Gasteiger partial charge on any atom is 0.116 e. The molecular formula is C19H24O3. The van der Waals surface area contributed by atoms with Crippen LogP contribution in [0.25, 0.3) is 11.1 Å². The number of aliphatic hydroxyl groups is 1. The van der Waals surface area contributed by atoms with Crippen molar-refractivity contribution < 1.29 is 14.9 Å². The summed E-state index contributed by atoms with van der Waals surface area (Å²) in [7, 11) is 0. The zero-order valence-corrected chi connectivity index (χ0v) is 13.3. The molecule has 2 aromatic rings. The SMILES string of the molecule is C1CCOC1.Cc1cc(O)cc(C)c1-c1cccc(CO)c1. The molecule has 0 radical (unpaired) electrons. The fraction of sp³-hybridized carbons (Fsp3) is 0.368. The van der Waals surface area contributed by atoms with Crippen LogP contribution < -0.4 is 0 Å². The van der Waals surface area contributed by atoms with Crippen LogP contribution in [0.3, 0.4) is 0 Å². The number of hydrogen-bond acceptors (Lipinski definition) is 3. The third kappa shape index (κ3) is 4.33. The van der Waals surface area contributed by atoms with E-state index >= 15 is 0 Å². The fourth-order valence-electron chi connectivity index (χ4n) is 2.73. The highest BCUT2D eigenvalue weighted by molar-refractivity contribution is 5.72. The largest absolute Gasteiger partial charge is 0.508 e. The Morgan fingerprint density at radius 3 is 2.14 bits per heavy atom. The van der Waals surface area contributed by atoms with Crippen molar-refractivity contribution in [3.63, 3.8) is 0 Å². The van der Waals surface area contributed by atoms with Gasteiger partial charge in [-0.05, 0) is 72.7 Å². The lowest BCUT2D eigenvalue weighted by atomic mass is 9.94. The average Bonchev–Trinajstić information content (AvgIpc) is 3.06. The zero-order chi connectivity index (χ0) is 15.9. The van der Waals surface area contributed by atoms with E-state index in [1.54, 1.807) is 12.1 Å². The molecule has 118 valence electrons. The third-order valence-electron chi connectivity index (χ3n) is 3.74. The van der Waals surface area contributed by atoms with Gasteiger partial charge in [0.15, 0.2) is 0 Å². The van der Waals surface area contributed by atoms with Crippen LogP contribution in [0.1, 0.15) is 29.5 Å². The molecule has 22 heavy (non-hydrogen) atoms. The minimum atomic E-state index is 0.0457. The Balaban J connectivity index is 0.000000299. The van der Waals surface area contributed by atoms with Gasteiger partial charge in [0, 0.05) is 13.2 Å². The predicted molar refractivity (Wildman–Crippen MR) is 89.0 cm³/mol. The van der Waals surface area contributed by atoms with Gasteiger partial charge in [-0.15, -0.1) is 0 Å². The Hall–Kier alpha value is -1.84. The highest BCUT2D eigenvalue weighted by Gasteiger charge is 2.07. The molecule has 3 rings (SSSR count). The molecule has 3 nitrogen and oxygen atoms in total. The number of aryl methyl sites for hydroxylation is 2. The van der Waals surface area contributed by atoms with Gasteiger partial charge in [-0.2, -0.15) is 0 Å². The molecule has 0 unspecified atom stereocenters. The van der Waals surface area contributed by atoms with Crippen LogP contribution in [0.4, 0.5) is 0 Å². The van der Waals surface area contributed by atoms with Crippen LogP contribution in [0.5, 0.6) is 5.75 Å². The molecule has 1 aliphatic rings. The topological polar surface area (TPSA) is 49.7 Å². The van der Waals surface area contributed by atoms with Crippen LogP contribution in [0.2, 0.25) is 0 Å². The normalized spacial score (nSPS) is 13.6. The number of aromatic hydroxyl groups is 1. The number of benzene rings is 2. The Morgan fingerprint density at radius 2 is 1.64 bits per heavy atom. The minimum Gasteiger partial charge on any atom is -0.508 e. The van der Waals surface area contributed by atoms with Crippen molar-refractivity contribution in [1.29, 1.82) is 0 Å². The molecule has 3 heteroatoms. The second kappa shape index (κ2) is 7.97. The Labute approximate surface area is 132 Å². The summed E-state index contributed by atoms with van der Waals surface area (Å²) < 4.78 is 4.94. The van der Waals surface area contributed by atoms with E-state index in [0.29, 0.717) is 5.75 Å². The van der Waals surface area contributed by atoms with Crippen molar-refractivity contribution in [2.24, 2.45) is 0 Å². The second-order valence-electron chi connectivity index (χ2n) is 5.63. The van der Waals surface area contributed by atoms with E-state index in [1.165, 1.54) is 12.8 Å². The van der Waals surface area contributed by atoms with Crippen LogP contribution in [-0.2, 0) is 11.3 Å². The highest BCUT2D eigenvalue weighted by Crippen LogP contribution is 2.30. The van der Waals surface area contributed by atoms with Crippen molar-refractivity contribution in [2.75, 3.05) is 13.2 Å². The van der Waals surface area contributed by atoms with Gasteiger partial charge in [0.25, 0.3) is 0 Å². The average molecular weight is 300 g/mol. The summed E-state index contributed by atoms with van der Waals surface area (Å²) in [5, 5.41) is 18.7. The Morgan fingerprint density at radius 1 is 1.00 bits per heavy atom. The van der Waals surface area contributed by atoms with Gasteiger partial charge >= 0.3 is 0 Å². The van der Waals surface area contributed by atoms with Crippen LogP contribution in [0, 0.1) is 13.8 Å². The molecular weight excluding hydrogens is 276 g/mol. The smallest absolute Gasteiger partial charge is 0.116 e. The van der Waals surface area contributed by atoms with Crippen molar-refractivity contribution in [3.8, 4) is 16.9 Å². The summed E-state index contributed by atoms with van der Waals surface area (Å²) in [5.74, 6) is 0.294. The van der Waals surface area contributed by atoms with Crippen LogP contribution in [-0.4, -0.2) is 23.4 Å². The molecule has 0 amide bonds. The monoisotopic (exact) mass is 300 g/mol. The molecule has 0 saturated carbocycles. The number of phenols is 1. The molecule has 1 aliphatic heterocycles. The van der Waals surface area contributed by atoms with Crippen molar-refractivity contribution in [2.45, 2.75) is 33.3 Å². The maximum absolute atomic E-state index is 9.53. The second-order valence-corrected chi connectivity index (χ2v) is 5.63. The quantitative estimate of drug-likeness (QED) is 0.882. The molecule has 2 aromatic carbocycles. The highest BCUT2D eigenvalue weighted by atomic mass is 16.5. The first-order valence-electron chi connectivity index (χ1n) is 7.70. The molecule has 1 saturated heterocycles. The molecule has 2 N–H and O–H groups in total. The molecule has 0 spiro atoms. The van der Waals surface area contributed by atoms with Crippen molar-refractivity contribution in [3.05, 3.63) is 53.1 Å². The van der Waals surface area contributed by atoms with Gasteiger partial charge in [-0.3, -0.25) is 0 Å². The van der Waals surface area contributed by atoms with E-state index in [0.717, 1.165) is 41.0 Å². The number of ether oxygens (including phenoxy) is 1. The lowest BCUT2D eigenvalue weighted by Crippen LogP contribution is -1.90. The summed E-state index contributed by atoms with van der Waals surface area (Å²) >= 11 is 0. The first-order chi connectivity index (χ1) is 10.6. The van der Waals surface area contributed by atoms with Gasteiger partial charge in [-0.25, -0.2) is 0 Å². The minimum absolute atomic E-state index is 0.0457. The van der Waals surface area contributed by atoms with E-state index in [4.69, 9.17) is 9.84 Å². The van der Waals surface area contributed by atoms with Crippen LogP contribution >= 0.6 is 0 Å². The number of aliphatic hydroxyl groups excluding tert-OH is 1. The number of hydrogen-bond donors (Lipinski definition) is 2. The summed E-state index contributed by atoms with van der Waals surface area (Å²) in [6.45, 7) is 6.01. The van der Waals surface area contributed by atoms with E-state index < -0.39 is 0 Å². The Kier molecular flexibility index (Phi) is 5.99. The van der Waals surface area contributed by atoms with Gasteiger partial charge in [-0.1, -0.05) is 18.2 Å². The van der Waals surface area contributed by atoms with Crippen molar-refractivity contribution >= 4 is 0 Å². The van der Waals surface area contributed by atoms with Gasteiger partial charge in [0.1, 0.15) is 5.75 Å². The molecule has 0 aliphatic carbocycles. The summed E-state index contributed by atoms with van der Waals surface area (Å²) in [4.78, 5) is 0. The summed E-state index contributed by atoms with van der Waals surface area (Å²) in [6, 6.07) is 11.3. The molecule has 1 heterocycles. The summed E-state index contributed by atoms with van der Waals surface area (Å²) in [5.41, 5.74) is 5.18. The first kappa shape index (κ1) is 16.5. The number of rotatable bonds is 2. The Bertz CT molecular complexity index is 585. The maximum atomic E-state index is 9.53. The van der Waals surface area contributed by atoms with Gasteiger partial charge in [0.05, 0.1) is 6.61 Å². The number of phenolic OH excluding ortho intramolecular Hbond substituents is 1. The van der Waals surface area contributed by atoms with Gasteiger partial charge < -0.3 is 14.9 Å². The molecule has 1 fully saturated rings. The summed E-state index contributed by atoms with van der Waals surface area (Å²) in [6.07, 6.45) is 2.56. The molecule has 0 aromatic heterocycles. The first-order valence-corrected chi connectivity index (χ1v) is 7.70. The lowest BCUT2D eigenvalue weighted by Gasteiger charge is -2.11. The van der Waals surface area contributed by atoms with E-state index in [9.17, 15) is 5.11 Å². The zero-order valence-electron chi connectivity index (χ0n) is 13.3. The molecule has 0 atom stereocenters. The third-order valence-corrected chi connectivity index (χ3v) is 3.74. The van der Waals surface area contributed by atoms with E-state index in [-0.39, 0.29) is 6.61 Å². The lowest BCUT2D eigenvalue weighted by molar-refractivity contribution is 0.198. The standard InChI is InChI=1S/C15H16O2.C4H8O/c1-10-6-14(17)7-11(2)15(10)13-5-3-4-12(8-13)9-16;1-2-4-5-3-1/h3-8,16-17H,9H2,1-2H3;1-4H2. The molecule has 0 bridgehead atoms. The van der Waals surface area contributed by atoms with E-state index in [2.05, 4.69) is 0 Å². The predicted octanol–water partition coefficient (Wildman–Crippen LogP) is 3.97. The van der Waals surface area contributed by atoms with Gasteiger partial charge in [0.2, 0.25) is 0 Å². The van der Waals surface area contributed by atoms with Crippen molar-refractivity contribution in [1.82, 2.24) is 0 Å².